The second-order valence-corrected chi connectivity index (χ2v) is 5.65. The number of amides is 2. The maximum Gasteiger partial charge on any atom is 0.320 e. The predicted octanol–water partition coefficient (Wildman–Crippen LogP) is 2.46. The van der Waals surface area contributed by atoms with Gasteiger partial charge < -0.3 is 9.88 Å². The minimum atomic E-state index is -0.190. The Hall–Kier alpha value is -2.24. The molecule has 2 amide bonds. The van der Waals surface area contributed by atoms with E-state index < -0.39 is 0 Å². The fraction of sp³-hybridized carbons (Fsp3) is 0.500. The van der Waals surface area contributed by atoms with Crippen molar-refractivity contribution >= 4 is 11.8 Å². The molecule has 0 unspecified atom stereocenters. The minimum Gasteiger partial charge on any atom is -0.354 e. The summed E-state index contributed by atoms with van der Waals surface area (Å²) in [5.74, 6) is 0.712. The highest BCUT2D eigenvalue weighted by Crippen LogP contribution is 2.10. The van der Waals surface area contributed by atoms with E-state index in [9.17, 15) is 4.79 Å². The molecule has 0 aliphatic carbocycles. The van der Waals surface area contributed by atoms with Crippen LogP contribution in [0.15, 0.2) is 24.4 Å². The molecular formula is C16H25N5O. The van der Waals surface area contributed by atoms with Crippen LogP contribution in [-0.2, 0) is 26.9 Å². The van der Waals surface area contributed by atoms with Gasteiger partial charge in [0.05, 0.1) is 5.69 Å². The third-order valence-corrected chi connectivity index (χ3v) is 3.80. The molecule has 0 aromatic carbocycles. The summed E-state index contributed by atoms with van der Waals surface area (Å²) >= 11 is 0. The van der Waals surface area contributed by atoms with Gasteiger partial charge in [-0.1, -0.05) is 6.92 Å². The van der Waals surface area contributed by atoms with Gasteiger partial charge >= 0.3 is 6.03 Å². The number of rotatable bonds is 6. The summed E-state index contributed by atoms with van der Waals surface area (Å²) in [5.41, 5.74) is 2.24. The fourth-order valence-corrected chi connectivity index (χ4v) is 2.39. The molecule has 0 radical (unpaired) electrons. The molecule has 2 N–H and O–H groups in total. The summed E-state index contributed by atoms with van der Waals surface area (Å²) in [6.45, 7) is 4.06. The summed E-state index contributed by atoms with van der Waals surface area (Å²) in [4.78, 5) is 12.0. The third kappa shape index (κ3) is 4.13. The average Bonchev–Trinajstić information content (AvgIpc) is 3.03. The van der Waals surface area contributed by atoms with Crippen molar-refractivity contribution < 1.29 is 4.79 Å². The number of carbonyl (C=O) groups excluding carboxylic acids is 1. The van der Waals surface area contributed by atoms with Gasteiger partial charge in [0.25, 0.3) is 0 Å². The SMILES string of the molecule is CCc1cc(NC(=O)N[C@H](C)CCc2cccn2C)n(C)n1. The molecule has 0 spiro atoms. The Morgan fingerprint density at radius 1 is 1.41 bits per heavy atom. The summed E-state index contributed by atoms with van der Waals surface area (Å²) in [6.07, 6.45) is 4.73. The van der Waals surface area contributed by atoms with Gasteiger partial charge in [-0.15, -0.1) is 0 Å². The lowest BCUT2D eigenvalue weighted by atomic mass is 10.1. The number of carbonyl (C=O) groups is 1. The molecule has 0 fully saturated rings. The Labute approximate surface area is 131 Å². The first-order valence-corrected chi connectivity index (χ1v) is 7.70. The van der Waals surface area contributed by atoms with Crippen molar-refractivity contribution in [3.05, 3.63) is 35.8 Å². The first-order chi connectivity index (χ1) is 10.5. The molecule has 0 saturated carbocycles. The number of aromatic nitrogens is 3. The number of aryl methyl sites for hydroxylation is 4. The van der Waals surface area contributed by atoms with Crippen LogP contribution >= 0.6 is 0 Å². The van der Waals surface area contributed by atoms with Crippen molar-refractivity contribution in [1.29, 1.82) is 0 Å². The Balaban J connectivity index is 1.80. The number of nitrogens with one attached hydrogen (secondary N) is 2. The second-order valence-electron chi connectivity index (χ2n) is 5.65. The van der Waals surface area contributed by atoms with Crippen LogP contribution in [0.25, 0.3) is 0 Å². The molecule has 2 aromatic heterocycles. The molecule has 0 bridgehead atoms. The average molecular weight is 303 g/mol. The zero-order valence-corrected chi connectivity index (χ0v) is 13.8. The lowest BCUT2D eigenvalue weighted by Crippen LogP contribution is -2.36. The van der Waals surface area contributed by atoms with Crippen molar-refractivity contribution in [3.63, 3.8) is 0 Å². The van der Waals surface area contributed by atoms with Gasteiger partial charge in [-0.3, -0.25) is 10.00 Å². The zero-order valence-electron chi connectivity index (χ0n) is 13.8. The number of hydrogen-bond donors (Lipinski definition) is 2. The molecule has 6 nitrogen and oxygen atoms in total. The van der Waals surface area contributed by atoms with Gasteiger partial charge in [-0.05, 0) is 38.3 Å². The van der Waals surface area contributed by atoms with Crippen molar-refractivity contribution in [1.82, 2.24) is 19.7 Å². The highest BCUT2D eigenvalue weighted by Gasteiger charge is 2.11. The van der Waals surface area contributed by atoms with E-state index >= 15 is 0 Å². The smallest absolute Gasteiger partial charge is 0.320 e. The van der Waals surface area contributed by atoms with Crippen LogP contribution in [0.3, 0.4) is 0 Å². The molecule has 2 aromatic rings. The Bertz CT molecular complexity index is 628. The summed E-state index contributed by atoms with van der Waals surface area (Å²) in [5, 5.41) is 10.1. The maximum absolute atomic E-state index is 12.0. The van der Waals surface area contributed by atoms with Gasteiger partial charge in [0, 0.05) is 38.1 Å². The normalized spacial score (nSPS) is 12.2. The van der Waals surface area contributed by atoms with Crippen molar-refractivity contribution in [2.45, 2.75) is 39.2 Å². The van der Waals surface area contributed by atoms with E-state index in [1.165, 1.54) is 5.69 Å². The zero-order chi connectivity index (χ0) is 16.1. The van der Waals surface area contributed by atoms with Crippen LogP contribution in [0, 0.1) is 0 Å². The second kappa shape index (κ2) is 7.15. The Morgan fingerprint density at radius 3 is 2.77 bits per heavy atom. The largest absolute Gasteiger partial charge is 0.354 e. The number of hydrogen-bond acceptors (Lipinski definition) is 2. The molecule has 0 aliphatic rings. The molecular weight excluding hydrogens is 278 g/mol. The monoisotopic (exact) mass is 303 g/mol. The van der Waals surface area contributed by atoms with Crippen LogP contribution in [0.5, 0.6) is 0 Å². The van der Waals surface area contributed by atoms with Gasteiger partial charge in [0.15, 0.2) is 0 Å². The summed E-state index contributed by atoms with van der Waals surface area (Å²) in [7, 11) is 3.86. The lowest BCUT2D eigenvalue weighted by molar-refractivity contribution is 0.248. The quantitative estimate of drug-likeness (QED) is 0.861. The first-order valence-electron chi connectivity index (χ1n) is 7.70. The van der Waals surface area contributed by atoms with Gasteiger partial charge in [-0.2, -0.15) is 5.10 Å². The Kier molecular flexibility index (Phi) is 5.25. The van der Waals surface area contributed by atoms with Crippen LogP contribution in [-0.4, -0.2) is 26.4 Å². The van der Waals surface area contributed by atoms with E-state index in [2.05, 4.69) is 26.4 Å². The standard InChI is InChI=1S/C16H25N5O/c1-5-13-11-15(21(4)19-13)18-16(22)17-12(2)8-9-14-7-6-10-20(14)3/h6-7,10-12H,5,8-9H2,1-4H3,(H2,17,18,22)/t12-/m1/s1. The molecule has 2 rings (SSSR count). The van der Waals surface area contributed by atoms with Gasteiger partial charge in [0.1, 0.15) is 5.82 Å². The molecule has 6 heteroatoms. The van der Waals surface area contributed by atoms with E-state index in [0.29, 0.717) is 5.82 Å². The van der Waals surface area contributed by atoms with E-state index in [4.69, 9.17) is 0 Å². The highest BCUT2D eigenvalue weighted by atomic mass is 16.2. The Morgan fingerprint density at radius 2 is 2.18 bits per heavy atom. The summed E-state index contributed by atoms with van der Waals surface area (Å²) < 4.78 is 3.79. The van der Waals surface area contributed by atoms with Crippen molar-refractivity contribution in [2.24, 2.45) is 14.1 Å². The minimum absolute atomic E-state index is 0.105. The third-order valence-electron chi connectivity index (χ3n) is 3.80. The summed E-state index contributed by atoms with van der Waals surface area (Å²) in [6, 6.07) is 5.95. The molecule has 120 valence electrons. The lowest BCUT2D eigenvalue weighted by Gasteiger charge is -2.15. The molecule has 2 heterocycles. The number of urea groups is 1. The maximum atomic E-state index is 12.0. The van der Waals surface area contributed by atoms with Crippen molar-refractivity contribution in [3.8, 4) is 0 Å². The van der Waals surface area contributed by atoms with E-state index in [-0.39, 0.29) is 12.1 Å². The van der Waals surface area contributed by atoms with Gasteiger partial charge in [0.2, 0.25) is 0 Å². The van der Waals surface area contributed by atoms with Crippen molar-refractivity contribution in [2.75, 3.05) is 5.32 Å². The topological polar surface area (TPSA) is 63.9 Å². The number of anilines is 1. The van der Waals surface area contributed by atoms with Crippen LogP contribution < -0.4 is 10.6 Å². The van der Waals surface area contributed by atoms with E-state index in [1.807, 2.05) is 46.3 Å². The van der Waals surface area contributed by atoms with E-state index in [1.54, 1.807) is 4.68 Å². The van der Waals surface area contributed by atoms with Crippen LogP contribution in [0.4, 0.5) is 10.6 Å². The molecule has 22 heavy (non-hydrogen) atoms. The predicted molar refractivity (Wildman–Crippen MR) is 87.9 cm³/mol. The first kappa shape index (κ1) is 16.1. The van der Waals surface area contributed by atoms with Crippen LogP contribution in [0.2, 0.25) is 0 Å². The molecule has 0 saturated heterocycles. The number of nitrogens with zero attached hydrogens (tertiary/aromatic N) is 3. The van der Waals surface area contributed by atoms with E-state index in [0.717, 1.165) is 25.0 Å². The molecule has 1 atom stereocenters. The van der Waals surface area contributed by atoms with Gasteiger partial charge in [-0.25, -0.2) is 4.79 Å². The fourth-order valence-electron chi connectivity index (χ4n) is 2.39. The van der Waals surface area contributed by atoms with Crippen LogP contribution in [0.1, 0.15) is 31.7 Å². The molecule has 0 aliphatic heterocycles. The highest BCUT2D eigenvalue weighted by molar-refractivity contribution is 5.88.